The fraction of sp³-hybridized carbons (Fsp3) is 0.286. The second-order valence-corrected chi connectivity index (χ2v) is 7.59. The molecule has 8 N–H and O–H groups in total. The third-order valence-electron chi connectivity index (χ3n) is 5.29. The van der Waals surface area contributed by atoms with E-state index in [-0.39, 0.29) is 11.1 Å². The van der Waals surface area contributed by atoms with Gasteiger partial charge in [0.05, 0.1) is 6.10 Å². The van der Waals surface area contributed by atoms with Crippen molar-refractivity contribution in [3.05, 3.63) is 34.5 Å². The van der Waals surface area contributed by atoms with E-state index in [1.165, 1.54) is 6.92 Å². The fourth-order valence-corrected chi connectivity index (χ4v) is 3.53. The number of hydrogen-bond donors (Lipinski definition) is 8. The van der Waals surface area contributed by atoms with E-state index < -0.39 is 81.8 Å². The Morgan fingerprint density at radius 2 is 1.48 bits per heavy atom. The van der Waals surface area contributed by atoms with Crippen molar-refractivity contribution < 1.29 is 54.7 Å². The van der Waals surface area contributed by atoms with Crippen LogP contribution in [0.3, 0.4) is 0 Å². The van der Waals surface area contributed by atoms with Gasteiger partial charge in [-0.1, -0.05) is 0 Å². The lowest BCUT2D eigenvalue weighted by molar-refractivity contribution is -0.268. The topological polar surface area (TPSA) is 211 Å². The monoisotopic (exact) mass is 464 g/mol. The molecule has 0 bridgehead atoms. The van der Waals surface area contributed by atoms with Crippen LogP contribution in [0.5, 0.6) is 34.5 Å². The normalized spacial score (nSPS) is 25.3. The van der Waals surface area contributed by atoms with E-state index in [1.54, 1.807) is 0 Å². The number of aliphatic hydroxyl groups excluding tert-OH is 3. The van der Waals surface area contributed by atoms with E-state index in [0.29, 0.717) is 0 Å². The van der Waals surface area contributed by atoms with Crippen LogP contribution in [0.1, 0.15) is 6.92 Å². The molecule has 33 heavy (non-hydrogen) atoms. The molecule has 5 atom stereocenters. The molecule has 1 aliphatic rings. The van der Waals surface area contributed by atoms with Gasteiger partial charge in [0.25, 0.3) is 0 Å². The molecule has 1 aliphatic heterocycles. The standard InChI is InChI=1S/C21H20O12/c1-6-14(26)17(29)18(30)21(31-6)33-20-16(28)13-9(23)4-8(22)5-12(13)32-19(20)7-2-10(24)15(27)11(25)3-7/h2-6,14,17-18,21-27,29-30H,1H3/t6-,14+,17-,18-,21+/m0/s1. The summed E-state index contributed by atoms with van der Waals surface area (Å²) in [6.45, 7) is 1.39. The molecule has 12 nitrogen and oxygen atoms in total. The lowest BCUT2D eigenvalue weighted by Crippen LogP contribution is -2.58. The Kier molecular flexibility index (Phi) is 5.46. The van der Waals surface area contributed by atoms with Gasteiger partial charge >= 0.3 is 0 Å². The van der Waals surface area contributed by atoms with Gasteiger partial charge in [-0.2, -0.15) is 0 Å². The summed E-state index contributed by atoms with van der Waals surface area (Å²) in [6, 6.07) is 3.79. The average molecular weight is 464 g/mol. The number of fused-ring (bicyclic) bond motifs is 1. The van der Waals surface area contributed by atoms with Gasteiger partial charge < -0.3 is 54.7 Å². The molecule has 3 aromatic rings. The van der Waals surface area contributed by atoms with E-state index in [0.717, 1.165) is 24.3 Å². The molecule has 2 aromatic carbocycles. The van der Waals surface area contributed by atoms with Crippen molar-refractivity contribution >= 4 is 11.0 Å². The Morgan fingerprint density at radius 1 is 0.848 bits per heavy atom. The molecule has 0 aliphatic carbocycles. The molecule has 1 aromatic heterocycles. The van der Waals surface area contributed by atoms with Crippen molar-refractivity contribution in [1.82, 2.24) is 0 Å². The second kappa shape index (κ2) is 8.01. The third-order valence-corrected chi connectivity index (χ3v) is 5.29. The first kappa shape index (κ1) is 22.5. The summed E-state index contributed by atoms with van der Waals surface area (Å²) < 4.78 is 16.5. The van der Waals surface area contributed by atoms with Crippen LogP contribution in [0.15, 0.2) is 33.5 Å². The van der Waals surface area contributed by atoms with Gasteiger partial charge in [0, 0.05) is 17.7 Å². The van der Waals surface area contributed by atoms with E-state index in [1.807, 2.05) is 0 Å². The van der Waals surface area contributed by atoms with E-state index in [4.69, 9.17) is 13.9 Å². The Morgan fingerprint density at radius 3 is 2.12 bits per heavy atom. The summed E-state index contributed by atoms with van der Waals surface area (Å²) in [5.74, 6) is -4.55. The highest BCUT2D eigenvalue weighted by atomic mass is 16.7. The van der Waals surface area contributed by atoms with Crippen LogP contribution in [-0.4, -0.2) is 71.6 Å². The summed E-state index contributed by atoms with van der Waals surface area (Å²) in [7, 11) is 0. The Hall–Kier alpha value is -3.71. The molecule has 1 saturated heterocycles. The Balaban J connectivity index is 1.95. The maximum Gasteiger partial charge on any atom is 0.239 e. The minimum atomic E-state index is -1.80. The van der Waals surface area contributed by atoms with E-state index in [9.17, 15) is 45.6 Å². The highest BCUT2D eigenvalue weighted by Crippen LogP contribution is 2.43. The largest absolute Gasteiger partial charge is 0.508 e. The molecule has 2 heterocycles. The molecule has 0 spiro atoms. The van der Waals surface area contributed by atoms with Crippen LogP contribution >= 0.6 is 0 Å². The molecule has 0 unspecified atom stereocenters. The smallest absolute Gasteiger partial charge is 0.239 e. The SMILES string of the molecule is C[C@@H]1O[C@H](Oc2c(-c3cc(O)c(O)c(O)c3)oc3cc(O)cc(O)c3c2=O)[C@@H](O)[C@@H](O)[C@@H]1O. The molecule has 0 saturated carbocycles. The van der Waals surface area contributed by atoms with Gasteiger partial charge in [0.1, 0.15) is 40.8 Å². The van der Waals surface area contributed by atoms with Crippen molar-refractivity contribution in [2.24, 2.45) is 0 Å². The van der Waals surface area contributed by atoms with Gasteiger partial charge in [0.2, 0.25) is 17.5 Å². The number of rotatable bonds is 3. The van der Waals surface area contributed by atoms with Crippen LogP contribution in [0.25, 0.3) is 22.3 Å². The zero-order valence-corrected chi connectivity index (χ0v) is 16.9. The van der Waals surface area contributed by atoms with E-state index in [2.05, 4.69) is 0 Å². The molecule has 1 fully saturated rings. The lowest BCUT2D eigenvalue weighted by atomic mass is 10.00. The van der Waals surface area contributed by atoms with Crippen molar-refractivity contribution in [3.63, 3.8) is 0 Å². The number of hydrogen-bond acceptors (Lipinski definition) is 12. The predicted octanol–water partition coefficient (Wildman–Crippen LogP) is 0.194. The summed E-state index contributed by atoms with van der Waals surface area (Å²) in [5.41, 5.74) is -1.45. The average Bonchev–Trinajstić information content (AvgIpc) is 2.74. The van der Waals surface area contributed by atoms with Gasteiger partial charge in [-0.05, 0) is 19.1 Å². The van der Waals surface area contributed by atoms with Crippen LogP contribution < -0.4 is 10.2 Å². The Bertz CT molecular complexity index is 1260. The van der Waals surface area contributed by atoms with Gasteiger partial charge in [-0.15, -0.1) is 0 Å². The first-order valence-corrected chi connectivity index (χ1v) is 9.64. The zero-order valence-electron chi connectivity index (χ0n) is 16.9. The summed E-state index contributed by atoms with van der Waals surface area (Å²) in [6.07, 6.45) is -7.59. The van der Waals surface area contributed by atoms with Gasteiger partial charge in [0.15, 0.2) is 23.0 Å². The molecular weight excluding hydrogens is 444 g/mol. The molecular formula is C21H20O12. The summed E-state index contributed by atoms with van der Waals surface area (Å²) in [4.78, 5) is 13.2. The summed E-state index contributed by atoms with van der Waals surface area (Å²) >= 11 is 0. The molecule has 0 amide bonds. The van der Waals surface area contributed by atoms with Crippen molar-refractivity contribution in [1.29, 1.82) is 0 Å². The molecule has 0 radical (unpaired) electrons. The predicted molar refractivity (Wildman–Crippen MR) is 109 cm³/mol. The van der Waals surface area contributed by atoms with Crippen molar-refractivity contribution in [2.75, 3.05) is 0 Å². The highest BCUT2D eigenvalue weighted by Gasteiger charge is 2.44. The molecule has 12 heteroatoms. The second-order valence-electron chi connectivity index (χ2n) is 7.59. The quantitative estimate of drug-likeness (QED) is 0.244. The summed E-state index contributed by atoms with van der Waals surface area (Å²) in [5, 5.41) is 79.1. The lowest BCUT2D eigenvalue weighted by Gasteiger charge is -2.38. The van der Waals surface area contributed by atoms with Gasteiger partial charge in [-0.25, -0.2) is 0 Å². The maximum atomic E-state index is 13.2. The van der Waals surface area contributed by atoms with Crippen molar-refractivity contribution in [2.45, 2.75) is 37.6 Å². The third kappa shape index (κ3) is 3.74. The Labute approximate surface area is 184 Å². The maximum absolute atomic E-state index is 13.2. The highest BCUT2D eigenvalue weighted by molar-refractivity contribution is 5.88. The van der Waals surface area contributed by atoms with E-state index >= 15 is 0 Å². The first-order valence-electron chi connectivity index (χ1n) is 9.64. The zero-order chi connectivity index (χ0) is 24.2. The van der Waals surface area contributed by atoms with Gasteiger partial charge in [-0.3, -0.25) is 4.79 Å². The number of phenolic OH excluding ortho intramolecular Hbond substituents is 5. The minimum Gasteiger partial charge on any atom is -0.508 e. The fourth-order valence-electron chi connectivity index (χ4n) is 3.53. The number of ether oxygens (including phenoxy) is 2. The van der Waals surface area contributed by atoms with Crippen LogP contribution in [0.4, 0.5) is 0 Å². The van der Waals surface area contributed by atoms with Crippen molar-refractivity contribution in [3.8, 4) is 45.8 Å². The number of aliphatic hydroxyl groups is 3. The number of aromatic hydroxyl groups is 5. The minimum absolute atomic E-state index is 0.168. The van der Waals surface area contributed by atoms with Crippen LogP contribution in [0.2, 0.25) is 0 Å². The molecule has 4 rings (SSSR count). The van der Waals surface area contributed by atoms with Crippen LogP contribution in [-0.2, 0) is 4.74 Å². The number of benzene rings is 2. The number of phenols is 5. The molecule has 176 valence electrons. The van der Waals surface area contributed by atoms with Crippen LogP contribution in [0, 0.1) is 0 Å². The first-order chi connectivity index (χ1) is 15.5.